The molecule has 180 valence electrons. The molecule has 2 aliphatic carbocycles. The molecule has 2 nitrogen and oxygen atoms in total. The normalized spacial score (nSPS) is 26.4. The monoisotopic (exact) mass is 462 g/mol. The smallest absolute Gasteiger partial charge is 0.101 e. The molecule has 2 heteroatoms. The van der Waals surface area contributed by atoms with Crippen LogP contribution in [0.25, 0.3) is 0 Å². The first kappa shape index (κ1) is 23.7. The van der Waals surface area contributed by atoms with Crippen LogP contribution in [0.15, 0.2) is 101 Å². The van der Waals surface area contributed by atoms with Gasteiger partial charge in [-0.3, -0.25) is 9.98 Å². The highest BCUT2D eigenvalue weighted by atomic mass is 14.9. The standard InChI is InChI=1S/C33H38N2/c1-25-13-11-20-29(25)23-34-32(27-16-7-3-8-17-27)33(28-18-9-4-10-19-28)35-24-30-21-12-22-31(30)26-14-5-2-6-15-26/h2-10,14-19,23-25,29-33H,11-13,20-22H2,1H3. The van der Waals surface area contributed by atoms with Gasteiger partial charge in [0.15, 0.2) is 0 Å². The van der Waals surface area contributed by atoms with Crippen LogP contribution in [0.1, 0.15) is 80.1 Å². The summed E-state index contributed by atoms with van der Waals surface area (Å²) in [6, 6.07) is 32.5. The lowest BCUT2D eigenvalue weighted by Gasteiger charge is -2.24. The van der Waals surface area contributed by atoms with Gasteiger partial charge in [0, 0.05) is 18.3 Å². The van der Waals surface area contributed by atoms with Crippen molar-refractivity contribution in [3.8, 4) is 0 Å². The largest absolute Gasteiger partial charge is 0.287 e. The maximum Gasteiger partial charge on any atom is 0.101 e. The zero-order chi connectivity index (χ0) is 23.9. The molecular weight excluding hydrogens is 424 g/mol. The van der Waals surface area contributed by atoms with Gasteiger partial charge in [-0.05, 0) is 53.7 Å². The fourth-order valence-electron chi connectivity index (χ4n) is 6.08. The lowest BCUT2D eigenvalue weighted by atomic mass is 9.89. The third-order valence-electron chi connectivity index (χ3n) is 8.18. The van der Waals surface area contributed by atoms with Crippen LogP contribution in [0.2, 0.25) is 0 Å². The Bertz CT molecular complexity index is 1090. The number of hydrogen-bond donors (Lipinski definition) is 0. The second-order valence-electron chi connectivity index (χ2n) is 10.5. The second-order valence-corrected chi connectivity index (χ2v) is 10.5. The van der Waals surface area contributed by atoms with Crippen molar-refractivity contribution >= 4 is 12.4 Å². The van der Waals surface area contributed by atoms with Gasteiger partial charge in [0.05, 0.1) is 0 Å². The van der Waals surface area contributed by atoms with Gasteiger partial charge in [-0.15, -0.1) is 0 Å². The van der Waals surface area contributed by atoms with E-state index in [0.717, 1.165) is 5.92 Å². The number of benzene rings is 3. The van der Waals surface area contributed by atoms with Crippen molar-refractivity contribution in [1.82, 2.24) is 0 Å². The van der Waals surface area contributed by atoms with Crippen LogP contribution < -0.4 is 0 Å². The Kier molecular flexibility index (Phi) is 7.88. The SMILES string of the molecule is CC1CCCC1C=NC(c1ccccc1)C(N=CC1CCCC1c1ccccc1)c1ccccc1. The Morgan fingerprint density at radius 2 is 1.09 bits per heavy atom. The molecular formula is C33H38N2. The summed E-state index contributed by atoms with van der Waals surface area (Å²) < 4.78 is 0. The third-order valence-corrected chi connectivity index (χ3v) is 8.18. The molecule has 3 aromatic carbocycles. The van der Waals surface area contributed by atoms with Gasteiger partial charge < -0.3 is 0 Å². The van der Waals surface area contributed by atoms with E-state index in [2.05, 4.69) is 110 Å². The van der Waals surface area contributed by atoms with Gasteiger partial charge in [0.25, 0.3) is 0 Å². The molecule has 0 bridgehead atoms. The third kappa shape index (κ3) is 5.81. The molecule has 0 radical (unpaired) electrons. The van der Waals surface area contributed by atoms with E-state index in [0.29, 0.717) is 17.8 Å². The molecule has 2 saturated carbocycles. The zero-order valence-electron chi connectivity index (χ0n) is 20.9. The molecule has 0 aliphatic heterocycles. The molecule has 0 spiro atoms. The summed E-state index contributed by atoms with van der Waals surface area (Å²) in [5, 5.41) is 0. The first-order valence-electron chi connectivity index (χ1n) is 13.5. The van der Waals surface area contributed by atoms with Crippen molar-refractivity contribution in [3.05, 3.63) is 108 Å². The van der Waals surface area contributed by atoms with Crippen molar-refractivity contribution < 1.29 is 0 Å². The van der Waals surface area contributed by atoms with Gasteiger partial charge in [-0.25, -0.2) is 0 Å². The van der Waals surface area contributed by atoms with Gasteiger partial charge >= 0.3 is 0 Å². The highest BCUT2D eigenvalue weighted by molar-refractivity contribution is 5.65. The van der Waals surface area contributed by atoms with E-state index < -0.39 is 0 Å². The molecule has 6 atom stereocenters. The van der Waals surface area contributed by atoms with E-state index in [4.69, 9.17) is 9.98 Å². The predicted molar refractivity (Wildman–Crippen MR) is 148 cm³/mol. The van der Waals surface area contributed by atoms with E-state index in [1.54, 1.807) is 0 Å². The topological polar surface area (TPSA) is 24.7 Å². The molecule has 0 amide bonds. The molecule has 0 saturated heterocycles. The summed E-state index contributed by atoms with van der Waals surface area (Å²) in [6.45, 7) is 2.37. The zero-order valence-corrected chi connectivity index (χ0v) is 20.9. The van der Waals surface area contributed by atoms with E-state index in [-0.39, 0.29) is 12.1 Å². The van der Waals surface area contributed by atoms with Crippen molar-refractivity contribution in [3.63, 3.8) is 0 Å². The van der Waals surface area contributed by atoms with E-state index >= 15 is 0 Å². The minimum atomic E-state index is -0.0245. The molecule has 5 rings (SSSR count). The number of hydrogen-bond acceptors (Lipinski definition) is 2. The van der Waals surface area contributed by atoms with E-state index in [1.165, 1.54) is 55.2 Å². The maximum atomic E-state index is 5.35. The van der Waals surface area contributed by atoms with Crippen molar-refractivity contribution in [2.75, 3.05) is 0 Å². The highest BCUT2D eigenvalue weighted by Crippen LogP contribution is 2.41. The number of aliphatic imine (C=N–C) groups is 2. The fraction of sp³-hybridized carbons (Fsp3) is 0.394. The summed E-state index contributed by atoms with van der Waals surface area (Å²) in [4.78, 5) is 10.6. The molecule has 6 unspecified atom stereocenters. The predicted octanol–water partition coefficient (Wildman–Crippen LogP) is 8.63. The Morgan fingerprint density at radius 3 is 1.63 bits per heavy atom. The first-order valence-corrected chi connectivity index (χ1v) is 13.5. The van der Waals surface area contributed by atoms with Crippen molar-refractivity contribution in [1.29, 1.82) is 0 Å². The quantitative estimate of drug-likeness (QED) is 0.299. The molecule has 0 heterocycles. The summed E-state index contributed by atoms with van der Waals surface area (Å²) >= 11 is 0. The van der Waals surface area contributed by atoms with Crippen molar-refractivity contribution in [2.24, 2.45) is 27.7 Å². The lowest BCUT2D eigenvalue weighted by molar-refractivity contribution is 0.525. The van der Waals surface area contributed by atoms with Crippen LogP contribution in [-0.2, 0) is 0 Å². The van der Waals surface area contributed by atoms with Crippen LogP contribution in [0.3, 0.4) is 0 Å². The number of rotatable bonds is 8. The number of nitrogens with zero attached hydrogens (tertiary/aromatic N) is 2. The average Bonchev–Trinajstić information content (AvgIpc) is 3.56. The molecule has 2 fully saturated rings. The summed E-state index contributed by atoms with van der Waals surface area (Å²) in [5.74, 6) is 2.35. The minimum Gasteiger partial charge on any atom is -0.287 e. The summed E-state index contributed by atoms with van der Waals surface area (Å²) in [6.07, 6.45) is 12.2. The molecule has 3 aromatic rings. The van der Waals surface area contributed by atoms with Crippen LogP contribution >= 0.6 is 0 Å². The second kappa shape index (κ2) is 11.6. The Morgan fingerprint density at radius 1 is 0.600 bits per heavy atom. The van der Waals surface area contributed by atoms with Gasteiger partial charge in [-0.1, -0.05) is 117 Å². The lowest BCUT2D eigenvalue weighted by Crippen LogP contribution is -2.13. The summed E-state index contributed by atoms with van der Waals surface area (Å²) in [7, 11) is 0. The van der Waals surface area contributed by atoms with Crippen molar-refractivity contribution in [2.45, 2.75) is 63.5 Å². The van der Waals surface area contributed by atoms with Crippen LogP contribution in [0.5, 0.6) is 0 Å². The maximum absolute atomic E-state index is 5.35. The van der Waals surface area contributed by atoms with Crippen LogP contribution in [-0.4, -0.2) is 12.4 Å². The van der Waals surface area contributed by atoms with E-state index in [9.17, 15) is 0 Å². The summed E-state index contributed by atoms with van der Waals surface area (Å²) in [5.41, 5.74) is 3.93. The molecule has 0 N–H and O–H groups in total. The van der Waals surface area contributed by atoms with Gasteiger partial charge in [-0.2, -0.15) is 0 Å². The molecule has 2 aliphatic rings. The molecule has 0 aromatic heterocycles. The van der Waals surface area contributed by atoms with Crippen LogP contribution in [0.4, 0.5) is 0 Å². The van der Waals surface area contributed by atoms with Gasteiger partial charge in [0.2, 0.25) is 0 Å². The van der Waals surface area contributed by atoms with Gasteiger partial charge in [0.1, 0.15) is 12.1 Å². The van der Waals surface area contributed by atoms with E-state index in [1.807, 2.05) is 0 Å². The Labute approximate surface area is 211 Å². The highest BCUT2D eigenvalue weighted by Gasteiger charge is 2.29. The fourth-order valence-corrected chi connectivity index (χ4v) is 6.08. The average molecular weight is 463 g/mol. The Hall–Kier alpha value is -3.00. The first-order chi connectivity index (χ1) is 17.3. The molecule has 35 heavy (non-hydrogen) atoms. The van der Waals surface area contributed by atoms with Crippen LogP contribution in [0, 0.1) is 17.8 Å². The minimum absolute atomic E-state index is 0.0146. The Balaban J connectivity index is 1.48.